The number of benzene rings is 1. The van der Waals surface area contributed by atoms with E-state index in [-0.39, 0.29) is 23.8 Å². The molecular weight excluding hydrogens is 452 g/mol. The fourth-order valence-corrected chi connectivity index (χ4v) is 4.08. The number of piperazine rings is 1. The molecule has 176 valence electrons. The van der Waals surface area contributed by atoms with Gasteiger partial charge in [0.15, 0.2) is 11.4 Å². The summed E-state index contributed by atoms with van der Waals surface area (Å²) in [5, 5.41) is 3.25. The molecule has 2 aromatic heterocycles. The predicted molar refractivity (Wildman–Crippen MR) is 122 cm³/mol. The molecule has 1 aliphatic rings. The summed E-state index contributed by atoms with van der Waals surface area (Å²) in [7, 11) is 2.10. The highest BCUT2D eigenvalue weighted by Gasteiger charge is 2.21. The van der Waals surface area contributed by atoms with Crippen LogP contribution in [0.2, 0.25) is 5.02 Å². The van der Waals surface area contributed by atoms with E-state index < -0.39 is 11.6 Å². The van der Waals surface area contributed by atoms with Crippen LogP contribution in [0.15, 0.2) is 30.5 Å². The maximum atomic E-state index is 14.0. The number of imidazole rings is 1. The number of carbonyl (C=O) groups is 1. The second kappa shape index (κ2) is 10.0. The predicted octanol–water partition coefficient (Wildman–Crippen LogP) is 3.13. The van der Waals surface area contributed by atoms with Crippen molar-refractivity contribution in [2.24, 2.45) is 0 Å². The molecule has 0 spiro atoms. The van der Waals surface area contributed by atoms with E-state index in [1.165, 1.54) is 24.3 Å². The molecule has 0 saturated carbocycles. The lowest BCUT2D eigenvalue weighted by Gasteiger charge is -2.32. The van der Waals surface area contributed by atoms with Crippen LogP contribution >= 0.6 is 11.6 Å². The number of ether oxygens (including phenoxy) is 1. The molecule has 33 heavy (non-hydrogen) atoms. The lowest BCUT2D eigenvalue weighted by Crippen LogP contribution is -2.47. The van der Waals surface area contributed by atoms with E-state index in [1.807, 2.05) is 0 Å². The molecule has 0 aliphatic carbocycles. The van der Waals surface area contributed by atoms with Crippen molar-refractivity contribution in [2.45, 2.75) is 13.5 Å². The third kappa shape index (κ3) is 5.26. The zero-order valence-corrected chi connectivity index (χ0v) is 19.3. The monoisotopic (exact) mass is 477 g/mol. The number of rotatable bonds is 7. The van der Waals surface area contributed by atoms with E-state index in [0.29, 0.717) is 28.6 Å². The molecule has 7 nitrogen and oxygen atoms in total. The maximum Gasteiger partial charge on any atom is 0.270 e. The van der Waals surface area contributed by atoms with E-state index in [9.17, 15) is 13.6 Å². The highest BCUT2D eigenvalue weighted by molar-refractivity contribution is 6.30. The Morgan fingerprint density at radius 3 is 2.61 bits per heavy atom. The molecule has 0 unspecified atom stereocenters. The van der Waals surface area contributed by atoms with E-state index >= 15 is 0 Å². The summed E-state index contributed by atoms with van der Waals surface area (Å²) in [6.07, 6.45) is 1.57. The van der Waals surface area contributed by atoms with Crippen molar-refractivity contribution in [3.05, 3.63) is 64.1 Å². The van der Waals surface area contributed by atoms with Crippen LogP contribution in [0.5, 0.6) is 5.75 Å². The molecule has 3 heterocycles. The number of aromatic nitrogens is 2. The van der Waals surface area contributed by atoms with Crippen LogP contribution in [0.25, 0.3) is 5.65 Å². The van der Waals surface area contributed by atoms with Crippen LogP contribution in [-0.2, 0) is 6.61 Å². The number of fused-ring (bicyclic) bond motifs is 1. The smallest absolute Gasteiger partial charge is 0.270 e. The highest BCUT2D eigenvalue weighted by atomic mass is 35.5. The van der Waals surface area contributed by atoms with Crippen LogP contribution in [0.1, 0.15) is 21.7 Å². The summed E-state index contributed by atoms with van der Waals surface area (Å²) in [5.41, 5.74) is 0.989. The van der Waals surface area contributed by atoms with Gasteiger partial charge in [-0.25, -0.2) is 13.8 Å². The summed E-state index contributed by atoms with van der Waals surface area (Å²) in [4.78, 5) is 22.0. The lowest BCUT2D eigenvalue weighted by atomic mass is 10.2. The Balaban J connectivity index is 1.49. The van der Waals surface area contributed by atoms with Gasteiger partial charge < -0.3 is 15.0 Å². The molecule has 3 aromatic rings. The minimum atomic E-state index is -0.701. The highest BCUT2D eigenvalue weighted by Crippen LogP contribution is 2.28. The molecule has 10 heteroatoms. The third-order valence-corrected chi connectivity index (χ3v) is 5.99. The van der Waals surface area contributed by atoms with Crippen molar-refractivity contribution >= 4 is 23.2 Å². The molecule has 0 bridgehead atoms. The van der Waals surface area contributed by atoms with Gasteiger partial charge >= 0.3 is 0 Å². The molecule has 0 atom stereocenters. The van der Waals surface area contributed by atoms with Crippen LogP contribution in [-0.4, -0.2) is 71.4 Å². The number of amides is 1. The largest absolute Gasteiger partial charge is 0.485 e. The fraction of sp³-hybridized carbons (Fsp3) is 0.391. The summed E-state index contributed by atoms with van der Waals surface area (Å²) in [5.74, 6) is -1.45. The zero-order valence-electron chi connectivity index (χ0n) is 18.6. The lowest BCUT2D eigenvalue weighted by molar-refractivity contribution is 0.0934. The number of hydrogen-bond donors (Lipinski definition) is 1. The average molecular weight is 478 g/mol. The molecule has 1 N–H and O–H groups in total. The van der Waals surface area contributed by atoms with Crippen LogP contribution in [0, 0.1) is 18.6 Å². The Morgan fingerprint density at radius 2 is 1.91 bits per heavy atom. The Morgan fingerprint density at radius 1 is 1.21 bits per heavy atom. The second-order valence-corrected chi connectivity index (χ2v) is 8.59. The Bertz CT molecular complexity index is 1140. The molecule has 0 radical (unpaired) electrons. The van der Waals surface area contributed by atoms with Crippen molar-refractivity contribution in [3.63, 3.8) is 0 Å². The van der Waals surface area contributed by atoms with E-state index in [4.69, 9.17) is 16.3 Å². The Labute approximate surface area is 195 Å². The number of nitrogens with zero attached hydrogens (tertiary/aromatic N) is 4. The SMILES string of the molecule is Cc1nc2c(OCc3c(F)cccc3F)cc(Cl)cn2c1C(=O)NCCN1CCN(C)CC1. The van der Waals surface area contributed by atoms with Gasteiger partial charge in [-0.15, -0.1) is 0 Å². The summed E-state index contributed by atoms with van der Waals surface area (Å²) in [6, 6.07) is 5.13. The van der Waals surface area contributed by atoms with Crippen LogP contribution in [0.3, 0.4) is 0 Å². The van der Waals surface area contributed by atoms with Crippen molar-refractivity contribution in [1.29, 1.82) is 0 Å². The van der Waals surface area contributed by atoms with Gasteiger partial charge in [-0.05, 0) is 26.1 Å². The normalized spacial score (nSPS) is 15.2. The Hall–Kier alpha value is -2.75. The third-order valence-electron chi connectivity index (χ3n) is 5.79. The van der Waals surface area contributed by atoms with Gasteiger partial charge in [0.25, 0.3) is 5.91 Å². The number of aryl methyl sites for hydroxylation is 1. The van der Waals surface area contributed by atoms with Crippen molar-refractivity contribution in [2.75, 3.05) is 46.3 Å². The molecule has 4 rings (SSSR count). The summed E-state index contributed by atoms with van der Waals surface area (Å²) in [6.45, 7) is 6.62. The molecule has 1 amide bonds. The van der Waals surface area contributed by atoms with E-state index in [0.717, 1.165) is 32.7 Å². The number of likely N-dealkylation sites (N-methyl/N-ethyl adjacent to an activating group) is 1. The van der Waals surface area contributed by atoms with Crippen LogP contribution < -0.4 is 10.1 Å². The number of carbonyl (C=O) groups excluding carboxylic acids is 1. The minimum absolute atomic E-state index is 0.194. The standard InChI is InChI=1S/C23H26ClF2N5O2/c1-15-21(23(32)27-6-7-30-10-8-29(2)9-11-30)31-13-16(24)12-20(22(31)28-15)33-14-17-18(25)4-3-5-19(17)26/h3-5,12-13H,6-11,14H2,1-2H3,(H,27,32). The van der Waals surface area contributed by atoms with Crippen LogP contribution in [0.4, 0.5) is 8.78 Å². The first-order chi connectivity index (χ1) is 15.8. The maximum absolute atomic E-state index is 14.0. The average Bonchev–Trinajstić information content (AvgIpc) is 3.10. The number of hydrogen-bond acceptors (Lipinski definition) is 5. The van der Waals surface area contributed by atoms with Gasteiger partial charge in [0, 0.05) is 51.5 Å². The minimum Gasteiger partial charge on any atom is -0.485 e. The van der Waals surface area contributed by atoms with Gasteiger partial charge in [-0.1, -0.05) is 17.7 Å². The molecular formula is C23H26ClF2N5O2. The fourth-order valence-electron chi connectivity index (χ4n) is 3.88. The van der Waals surface area contributed by atoms with Gasteiger partial charge in [-0.3, -0.25) is 14.1 Å². The van der Waals surface area contributed by atoms with Gasteiger partial charge in [-0.2, -0.15) is 0 Å². The van der Waals surface area contributed by atoms with Crippen molar-refractivity contribution in [3.8, 4) is 5.75 Å². The molecule has 1 aromatic carbocycles. The number of nitrogens with one attached hydrogen (secondary N) is 1. The van der Waals surface area contributed by atoms with Crippen molar-refractivity contribution in [1.82, 2.24) is 24.5 Å². The van der Waals surface area contributed by atoms with Gasteiger partial charge in [0.05, 0.1) is 16.3 Å². The number of pyridine rings is 1. The molecule has 1 saturated heterocycles. The first-order valence-corrected chi connectivity index (χ1v) is 11.1. The number of halogens is 3. The van der Waals surface area contributed by atoms with Gasteiger partial charge in [0.1, 0.15) is 23.9 Å². The second-order valence-electron chi connectivity index (χ2n) is 8.15. The first kappa shape index (κ1) is 23.4. The topological polar surface area (TPSA) is 62.1 Å². The van der Waals surface area contributed by atoms with E-state index in [2.05, 4.69) is 27.1 Å². The van der Waals surface area contributed by atoms with Gasteiger partial charge in [0.2, 0.25) is 0 Å². The molecule has 1 fully saturated rings. The Kier molecular flexibility index (Phi) is 7.11. The quantitative estimate of drug-likeness (QED) is 0.566. The summed E-state index contributed by atoms with van der Waals surface area (Å²) >= 11 is 6.25. The van der Waals surface area contributed by atoms with Crippen molar-refractivity contribution < 1.29 is 18.3 Å². The zero-order chi connectivity index (χ0) is 23.5. The summed E-state index contributed by atoms with van der Waals surface area (Å²) < 4.78 is 35.2. The molecule has 1 aliphatic heterocycles. The van der Waals surface area contributed by atoms with E-state index in [1.54, 1.807) is 17.5 Å². The first-order valence-electron chi connectivity index (χ1n) is 10.8.